The first-order valence-electron chi connectivity index (χ1n) is 8.89. The zero-order chi connectivity index (χ0) is 19.8. The first-order chi connectivity index (χ1) is 13.5. The van der Waals surface area contributed by atoms with Gasteiger partial charge in [0.2, 0.25) is 0 Å². The van der Waals surface area contributed by atoms with Crippen molar-refractivity contribution in [2.45, 2.75) is 19.4 Å². The van der Waals surface area contributed by atoms with E-state index >= 15 is 0 Å². The van der Waals surface area contributed by atoms with Gasteiger partial charge >= 0.3 is 5.97 Å². The molecule has 0 aliphatic carbocycles. The molecule has 3 aromatic rings. The summed E-state index contributed by atoms with van der Waals surface area (Å²) in [6, 6.07) is 11.9. The summed E-state index contributed by atoms with van der Waals surface area (Å²) in [7, 11) is 0. The number of aliphatic carboxylic acids is 1. The fourth-order valence-corrected chi connectivity index (χ4v) is 3.78. The second-order valence-corrected chi connectivity index (χ2v) is 7.19. The fourth-order valence-electron chi connectivity index (χ4n) is 3.59. The number of likely N-dealkylation sites (tertiary alicyclic amines) is 1. The van der Waals surface area contributed by atoms with E-state index < -0.39 is 17.9 Å². The van der Waals surface area contributed by atoms with Crippen LogP contribution in [-0.4, -0.2) is 44.3 Å². The van der Waals surface area contributed by atoms with Gasteiger partial charge in [-0.3, -0.25) is 9.59 Å². The first kappa shape index (κ1) is 18.3. The zero-order valence-electron chi connectivity index (χ0n) is 15.1. The lowest BCUT2D eigenvalue weighted by Crippen LogP contribution is -2.37. The summed E-state index contributed by atoms with van der Waals surface area (Å²) in [6.07, 6.45) is 1.98. The third-order valence-corrected chi connectivity index (χ3v) is 5.32. The summed E-state index contributed by atoms with van der Waals surface area (Å²) >= 11 is 6.11. The van der Waals surface area contributed by atoms with Crippen molar-refractivity contribution in [3.05, 3.63) is 59.4 Å². The van der Waals surface area contributed by atoms with Gasteiger partial charge in [-0.05, 0) is 43.7 Å². The number of nitrogens with zero attached hydrogens (tertiary/aromatic N) is 3. The van der Waals surface area contributed by atoms with Crippen molar-refractivity contribution in [2.24, 2.45) is 5.92 Å². The second kappa shape index (κ2) is 7.16. The number of carboxylic acids is 1. The van der Waals surface area contributed by atoms with Crippen LogP contribution in [0.4, 0.5) is 0 Å². The Kier molecular flexibility index (Phi) is 4.68. The van der Waals surface area contributed by atoms with E-state index in [-0.39, 0.29) is 11.6 Å². The number of carbonyl (C=O) groups is 2. The van der Waals surface area contributed by atoms with Gasteiger partial charge in [0, 0.05) is 23.7 Å². The molecule has 2 unspecified atom stereocenters. The van der Waals surface area contributed by atoms with Crippen molar-refractivity contribution < 1.29 is 19.1 Å². The van der Waals surface area contributed by atoms with Gasteiger partial charge in [-0.15, -0.1) is 0 Å². The summed E-state index contributed by atoms with van der Waals surface area (Å²) in [4.78, 5) is 26.0. The van der Waals surface area contributed by atoms with E-state index in [0.29, 0.717) is 35.1 Å². The maximum atomic E-state index is 13.1. The number of carbonyl (C=O) groups excluding carboxylic acids is 1. The standard InChI is InChI=1S/C20H18ClN3O4/c1-12-15(20(26)27)7-8-23(12)19(25)16-11-17(18-6-3-9-28-18)24(22-16)14-5-2-4-13(21)10-14/h2-6,9-12,15H,7-8H2,1H3,(H,26,27). The fraction of sp³-hybridized carbons (Fsp3) is 0.250. The summed E-state index contributed by atoms with van der Waals surface area (Å²) < 4.78 is 7.11. The molecule has 144 valence electrons. The number of hydrogen-bond acceptors (Lipinski definition) is 4. The van der Waals surface area contributed by atoms with Gasteiger partial charge < -0.3 is 14.4 Å². The Morgan fingerprint density at radius 1 is 1.25 bits per heavy atom. The Hall–Kier alpha value is -3.06. The van der Waals surface area contributed by atoms with E-state index in [1.807, 2.05) is 6.07 Å². The first-order valence-corrected chi connectivity index (χ1v) is 9.27. The van der Waals surface area contributed by atoms with E-state index in [2.05, 4.69) is 5.10 Å². The molecule has 8 heteroatoms. The highest BCUT2D eigenvalue weighted by molar-refractivity contribution is 6.30. The molecule has 2 atom stereocenters. The van der Waals surface area contributed by atoms with Crippen LogP contribution in [0.3, 0.4) is 0 Å². The minimum atomic E-state index is -0.886. The summed E-state index contributed by atoms with van der Waals surface area (Å²) in [5, 5.41) is 14.3. The minimum Gasteiger partial charge on any atom is -0.481 e. The van der Waals surface area contributed by atoms with Crippen LogP contribution in [0.1, 0.15) is 23.8 Å². The Balaban J connectivity index is 1.74. The normalized spacial score (nSPS) is 19.1. The van der Waals surface area contributed by atoms with Crippen molar-refractivity contribution >= 4 is 23.5 Å². The Labute approximate surface area is 166 Å². The number of aromatic nitrogens is 2. The van der Waals surface area contributed by atoms with Crippen LogP contribution in [0.2, 0.25) is 5.02 Å². The molecule has 2 aromatic heterocycles. The Bertz CT molecular complexity index is 1030. The molecule has 0 spiro atoms. The molecule has 28 heavy (non-hydrogen) atoms. The molecule has 1 N–H and O–H groups in total. The lowest BCUT2D eigenvalue weighted by atomic mass is 10.0. The van der Waals surface area contributed by atoms with Crippen LogP contribution in [-0.2, 0) is 4.79 Å². The average molecular weight is 400 g/mol. The number of halogens is 1. The molecular weight excluding hydrogens is 382 g/mol. The van der Waals surface area contributed by atoms with Crippen LogP contribution >= 0.6 is 11.6 Å². The monoisotopic (exact) mass is 399 g/mol. The third-order valence-electron chi connectivity index (χ3n) is 5.09. The Morgan fingerprint density at radius 2 is 2.07 bits per heavy atom. The largest absolute Gasteiger partial charge is 0.481 e. The molecule has 1 aliphatic rings. The number of hydrogen-bond donors (Lipinski definition) is 1. The number of rotatable bonds is 4. The van der Waals surface area contributed by atoms with Gasteiger partial charge in [-0.1, -0.05) is 17.7 Å². The summed E-state index contributed by atoms with van der Waals surface area (Å²) in [6.45, 7) is 2.14. The topological polar surface area (TPSA) is 88.6 Å². The number of benzene rings is 1. The van der Waals surface area contributed by atoms with Gasteiger partial charge in [0.15, 0.2) is 11.5 Å². The number of carboxylic acid groups (broad SMARTS) is 1. The zero-order valence-corrected chi connectivity index (χ0v) is 15.8. The molecule has 0 radical (unpaired) electrons. The quantitative estimate of drug-likeness (QED) is 0.722. The molecule has 7 nitrogen and oxygen atoms in total. The molecular formula is C20H18ClN3O4. The van der Waals surface area contributed by atoms with Crippen molar-refractivity contribution in [2.75, 3.05) is 6.54 Å². The lowest BCUT2D eigenvalue weighted by molar-refractivity contribution is -0.142. The smallest absolute Gasteiger partial charge is 0.308 e. The molecule has 0 bridgehead atoms. The van der Waals surface area contributed by atoms with Crippen molar-refractivity contribution in [3.8, 4) is 17.1 Å². The van der Waals surface area contributed by atoms with Crippen LogP contribution in [0, 0.1) is 5.92 Å². The maximum absolute atomic E-state index is 13.1. The molecule has 1 aromatic carbocycles. The SMILES string of the molecule is CC1C(C(=O)O)CCN1C(=O)c1cc(-c2ccco2)n(-c2cccc(Cl)c2)n1. The van der Waals surface area contributed by atoms with Gasteiger partial charge in [0.1, 0.15) is 5.69 Å². The maximum Gasteiger partial charge on any atom is 0.308 e. The minimum absolute atomic E-state index is 0.226. The van der Waals surface area contributed by atoms with Crippen LogP contribution < -0.4 is 0 Å². The van der Waals surface area contributed by atoms with Crippen LogP contribution in [0.15, 0.2) is 53.1 Å². The van der Waals surface area contributed by atoms with Gasteiger partial charge in [-0.25, -0.2) is 4.68 Å². The molecule has 3 heterocycles. The third kappa shape index (κ3) is 3.18. The van der Waals surface area contributed by atoms with Gasteiger partial charge in [0.25, 0.3) is 5.91 Å². The Morgan fingerprint density at radius 3 is 2.71 bits per heavy atom. The highest BCUT2D eigenvalue weighted by atomic mass is 35.5. The molecule has 1 aliphatic heterocycles. The van der Waals surface area contributed by atoms with Crippen molar-refractivity contribution in [1.29, 1.82) is 0 Å². The van der Waals surface area contributed by atoms with E-state index in [1.165, 1.54) is 0 Å². The lowest BCUT2D eigenvalue weighted by Gasteiger charge is -2.22. The van der Waals surface area contributed by atoms with Crippen molar-refractivity contribution in [1.82, 2.24) is 14.7 Å². The molecule has 1 fully saturated rings. The van der Waals surface area contributed by atoms with Crippen LogP contribution in [0.5, 0.6) is 0 Å². The van der Waals surface area contributed by atoms with Crippen molar-refractivity contribution in [3.63, 3.8) is 0 Å². The molecule has 4 rings (SSSR count). The summed E-state index contributed by atoms with van der Waals surface area (Å²) in [5.41, 5.74) is 1.53. The highest BCUT2D eigenvalue weighted by Crippen LogP contribution is 2.29. The van der Waals surface area contributed by atoms with Gasteiger partial charge in [0.05, 0.1) is 17.9 Å². The highest BCUT2D eigenvalue weighted by Gasteiger charge is 2.39. The number of furan rings is 1. The molecule has 1 amide bonds. The van der Waals surface area contributed by atoms with E-state index in [4.69, 9.17) is 16.0 Å². The molecule has 0 saturated carbocycles. The van der Waals surface area contributed by atoms with E-state index in [0.717, 1.165) is 0 Å². The van der Waals surface area contributed by atoms with E-state index in [9.17, 15) is 14.7 Å². The van der Waals surface area contributed by atoms with E-state index in [1.54, 1.807) is 59.2 Å². The average Bonchev–Trinajstić information content (AvgIpc) is 3.40. The number of amides is 1. The van der Waals surface area contributed by atoms with Crippen LogP contribution in [0.25, 0.3) is 17.1 Å². The van der Waals surface area contributed by atoms with Gasteiger partial charge in [-0.2, -0.15) is 5.10 Å². The second-order valence-electron chi connectivity index (χ2n) is 6.76. The predicted molar refractivity (Wildman–Crippen MR) is 103 cm³/mol. The molecule has 1 saturated heterocycles. The predicted octanol–water partition coefficient (Wildman–Crippen LogP) is 3.72. The summed E-state index contributed by atoms with van der Waals surface area (Å²) in [5.74, 6) is -1.19.